The van der Waals surface area contributed by atoms with Crippen LogP contribution in [-0.4, -0.2) is 32.7 Å². The summed E-state index contributed by atoms with van der Waals surface area (Å²) in [7, 11) is 0. The quantitative estimate of drug-likeness (QED) is 0.649. The van der Waals surface area contributed by atoms with Gasteiger partial charge in [0.25, 0.3) is 0 Å². The normalized spacial score (nSPS) is 17.2. The Labute approximate surface area is 172 Å². The summed E-state index contributed by atoms with van der Waals surface area (Å²) >= 11 is 6.27. The number of hydrogen-bond acceptors (Lipinski definition) is 3. The van der Waals surface area contributed by atoms with Gasteiger partial charge in [-0.3, -0.25) is 4.90 Å². The number of aryl methyl sites for hydroxylation is 1. The lowest BCUT2D eigenvalue weighted by molar-refractivity contribution is -0.137. The molecule has 158 valence electrons. The van der Waals surface area contributed by atoms with Gasteiger partial charge in [0.2, 0.25) is 0 Å². The molecule has 1 amide bonds. The van der Waals surface area contributed by atoms with E-state index in [4.69, 9.17) is 16.3 Å². The molecule has 0 fully saturated rings. The fourth-order valence-electron chi connectivity index (χ4n) is 3.39. The van der Waals surface area contributed by atoms with Crippen LogP contribution in [0.3, 0.4) is 0 Å². The fraction of sp³-hybridized carbons (Fsp3) is 0.500. The Kier molecular flexibility index (Phi) is 5.85. The van der Waals surface area contributed by atoms with E-state index in [9.17, 15) is 18.0 Å². The zero-order valence-electron chi connectivity index (χ0n) is 16.5. The summed E-state index contributed by atoms with van der Waals surface area (Å²) < 4.78 is 45.7. The number of fused-ring (bicyclic) bond motifs is 1. The van der Waals surface area contributed by atoms with Gasteiger partial charge >= 0.3 is 12.3 Å². The van der Waals surface area contributed by atoms with Gasteiger partial charge in [-0.15, -0.1) is 0 Å². The highest BCUT2D eigenvalue weighted by atomic mass is 35.5. The molecule has 1 aromatic carbocycles. The summed E-state index contributed by atoms with van der Waals surface area (Å²) in [5, 5.41) is 0.315. The van der Waals surface area contributed by atoms with Crippen molar-refractivity contribution in [2.75, 3.05) is 6.54 Å². The molecule has 3 rings (SSSR count). The second-order valence-electron chi connectivity index (χ2n) is 8.04. The monoisotopic (exact) mass is 429 g/mol. The van der Waals surface area contributed by atoms with E-state index in [0.29, 0.717) is 31.1 Å². The number of ether oxygens (including phenoxy) is 1. The largest absolute Gasteiger partial charge is 0.444 e. The highest BCUT2D eigenvalue weighted by Crippen LogP contribution is 2.35. The number of carbonyl (C=O) groups excluding carboxylic acids is 1. The first-order valence-corrected chi connectivity index (χ1v) is 9.70. The average molecular weight is 430 g/mol. The number of rotatable bonds is 3. The van der Waals surface area contributed by atoms with Crippen molar-refractivity contribution in [3.05, 3.63) is 52.6 Å². The van der Waals surface area contributed by atoms with Crippen molar-refractivity contribution in [3.63, 3.8) is 0 Å². The number of aromatic nitrogens is 2. The molecular weight excluding hydrogens is 407 g/mol. The molecule has 1 atom stereocenters. The predicted octanol–water partition coefficient (Wildman–Crippen LogP) is 5.48. The van der Waals surface area contributed by atoms with Gasteiger partial charge in [0.1, 0.15) is 5.60 Å². The van der Waals surface area contributed by atoms with Gasteiger partial charge < -0.3 is 9.30 Å². The molecule has 0 spiro atoms. The fourth-order valence-corrected chi connectivity index (χ4v) is 3.67. The van der Waals surface area contributed by atoms with Crippen molar-refractivity contribution in [2.24, 2.45) is 0 Å². The third kappa shape index (κ3) is 5.04. The zero-order chi connectivity index (χ0) is 21.4. The van der Waals surface area contributed by atoms with Crippen molar-refractivity contribution in [1.82, 2.24) is 14.5 Å². The van der Waals surface area contributed by atoms with Crippen molar-refractivity contribution >= 4 is 17.7 Å². The van der Waals surface area contributed by atoms with E-state index in [1.54, 1.807) is 32.0 Å². The Balaban J connectivity index is 1.80. The molecule has 0 saturated carbocycles. The van der Waals surface area contributed by atoms with Crippen molar-refractivity contribution in [3.8, 4) is 0 Å². The van der Waals surface area contributed by atoms with Gasteiger partial charge in [0.05, 0.1) is 23.6 Å². The Hall–Kier alpha value is -2.22. The molecular formula is C20H23ClF3N3O2. The highest BCUT2D eigenvalue weighted by Gasteiger charge is 2.36. The number of nitrogens with zero attached hydrogens (tertiary/aromatic N) is 3. The second-order valence-corrected chi connectivity index (χ2v) is 8.39. The number of benzene rings is 1. The first kappa shape index (κ1) is 21.5. The van der Waals surface area contributed by atoms with E-state index in [1.807, 2.05) is 4.57 Å². The van der Waals surface area contributed by atoms with Crippen LogP contribution in [0, 0.1) is 0 Å². The number of halogens is 4. The van der Waals surface area contributed by atoms with E-state index in [2.05, 4.69) is 4.98 Å². The van der Waals surface area contributed by atoms with Crippen molar-refractivity contribution in [1.29, 1.82) is 0 Å². The Morgan fingerprint density at radius 3 is 2.45 bits per heavy atom. The molecule has 1 unspecified atom stereocenters. The molecule has 0 N–H and O–H groups in total. The van der Waals surface area contributed by atoms with Crippen molar-refractivity contribution in [2.45, 2.75) is 58.0 Å². The number of hydrogen-bond donors (Lipinski definition) is 0. The first-order chi connectivity index (χ1) is 13.5. The molecule has 1 aromatic heterocycles. The van der Waals surface area contributed by atoms with E-state index in [1.165, 1.54) is 12.1 Å². The van der Waals surface area contributed by atoms with Crippen molar-refractivity contribution < 1.29 is 22.7 Å². The number of carbonyl (C=O) groups is 1. The molecule has 0 bridgehead atoms. The van der Waals surface area contributed by atoms with E-state index >= 15 is 0 Å². The molecule has 0 saturated heterocycles. The van der Waals surface area contributed by atoms with Gasteiger partial charge in [0, 0.05) is 13.1 Å². The minimum Gasteiger partial charge on any atom is -0.444 e. The molecule has 1 aliphatic rings. The first-order valence-electron chi connectivity index (χ1n) is 9.32. The number of alkyl halides is 3. The van der Waals surface area contributed by atoms with Crippen LogP contribution in [0.15, 0.2) is 30.6 Å². The summed E-state index contributed by atoms with van der Waals surface area (Å²) in [6.45, 7) is 6.37. The molecule has 9 heteroatoms. The molecule has 0 aliphatic carbocycles. The minimum atomic E-state index is -4.37. The van der Waals surface area contributed by atoms with Crippen LogP contribution in [0.2, 0.25) is 5.15 Å². The Morgan fingerprint density at radius 2 is 1.86 bits per heavy atom. The van der Waals surface area contributed by atoms with E-state index < -0.39 is 23.4 Å². The molecule has 29 heavy (non-hydrogen) atoms. The summed E-state index contributed by atoms with van der Waals surface area (Å²) in [5.41, 5.74) is 0.136. The molecule has 0 radical (unpaired) electrons. The van der Waals surface area contributed by atoms with Crippen LogP contribution in [-0.2, 0) is 23.9 Å². The van der Waals surface area contributed by atoms with E-state index in [0.717, 1.165) is 23.4 Å². The summed E-state index contributed by atoms with van der Waals surface area (Å²) in [6, 6.07) is 4.68. The molecule has 1 aliphatic heterocycles. The summed E-state index contributed by atoms with van der Waals surface area (Å²) in [6.07, 6.45) is -2.22. The average Bonchev–Trinajstić information content (AvgIpc) is 2.99. The smallest absolute Gasteiger partial charge is 0.416 e. The third-order valence-corrected chi connectivity index (χ3v) is 5.01. The second kappa shape index (κ2) is 7.89. The maximum absolute atomic E-state index is 12.8. The van der Waals surface area contributed by atoms with Gasteiger partial charge in [-0.25, -0.2) is 9.78 Å². The molecule has 5 nitrogen and oxygen atoms in total. The maximum Gasteiger partial charge on any atom is 0.416 e. The van der Waals surface area contributed by atoms with Crippen LogP contribution < -0.4 is 0 Å². The topological polar surface area (TPSA) is 47.4 Å². The number of imidazole rings is 1. The molecule has 2 aromatic rings. The number of amides is 1. The lowest BCUT2D eigenvalue weighted by atomic mass is 9.99. The van der Waals surface area contributed by atoms with Gasteiger partial charge in [-0.2, -0.15) is 13.2 Å². The van der Waals surface area contributed by atoms with Crippen LogP contribution in [0.5, 0.6) is 0 Å². The lowest BCUT2D eigenvalue weighted by Crippen LogP contribution is -2.44. The standard InChI is InChI=1S/C20H23ClF3N3O2/c1-19(2,3)29-18(28)27-11-10-26-12-25-17(21)16(26)15(27)9-6-13-4-7-14(8-5-13)20(22,23)24/h4-5,7-8,12,15H,6,9-11H2,1-3H3. The van der Waals surface area contributed by atoms with Crippen LogP contribution in [0.4, 0.5) is 18.0 Å². The highest BCUT2D eigenvalue weighted by molar-refractivity contribution is 6.30. The van der Waals surface area contributed by atoms with Crippen LogP contribution >= 0.6 is 11.6 Å². The van der Waals surface area contributed by atoms with Crippen LogP contribution in [0.25, 0.3) is 0 Å². The third-order valence-electron chi connectivity index (χ3n) is 4.72. The van der Waals surface area contributed by atoms with Gasteiger partial charge in [-0.1, -0.05) is 23.7 Å². The van der Waals surface area contributed by atoms with E-state index in [-0.39, 0.29) is 6.04 Å². The Morgan fingerprint density at radius 1 is 1.21 bits per heavy atom. The lowest BCUT2D eigenvalue weighted by Gasteiger charge is -2.37. The molecule has 2 heterocycles. The maximum atomic E-state index is 12.8. The summed E-state index contributed by atoms with van der Waals surface area (Å²) in [5.74, 6) is 0. The van der Waals surface area contributed by atoms with Gasteiger partial charge in [0.15, 0.2) is 5.15 Å². The Bertz CT molecular complexity index is 873. The predicted molar refractivity (Wildman–Crippen MR) is 103 cm³/mol. The van der Waals surface area contributed by atoms with Gasteiger partial charge in [-0.05, 0) is 51.3 Å². The SMILES string of the molecule is CC(C)(C)OC(=O)N1CCn2cnc(Cl)c2C1CCc1ccc(C(F)(F)F)cc1. The summed E-state index contributed by atoms with van der Waals surface area (Å²) in [4.78, 5) is 18.5. The van der Waals surface area contributed by atoms with Crippen LogP contribution in [0.1, 0.15) is 50.1 Å². The minimum absolute atomic E-state index is 0.315. The zero-order valence-corrected chi connectivity index (χ0v) is 17.2.